The zero-order chi connectivity index (χ0) is 14.4. The van der Waals surface area contributed by atoms with Crippen molar-refractivity contribution in [3.63, 3.8) is 0 Å². The summed E-state index contributed by atoms with van der Waals surface area (Å²) in [6, 6.07) is 9.25. The van der Waals surface area contributed by atoms with Crippen LogP contribution in [0, 0.1) is 11.8 Å². The van der Waals surface area contributed by atoms with E-state index in [9.17, 15) is 9.90 Å². The lowest BCUT2D eigenvalue weighted by Gasteiger charge is -2.31. The first-order valence-electron chi connectivity index (χ1n) is 7.42. The van der Waals surface area contributed by atoms with Gasteiger partial charge in [0.1, 0.15) is 0 Å². The standard InChI is InChI=1S/C16H24N2O2/c17-10-13-8-4-5-9-14(13)16(20)18-15(11-19)12-6-2-1-3-7-12/h1-3,6-7,13-15,19H,4-5,8-11,17H2,(H,18,20)/t13?,14?,15-/m0/s1. The Morgan fingerprint density at radius 2 is 2.00 bits per heavy atom. The van der Waals surface area contributed by atoms with Crippen molar-refractivity contribution in [3.8, 4) is 0 Å². The quantitative estimate of drug-likeness (QED) is 0.764. The molecule has 0 radical (unpaired) electrons. The highest BCUT2D eigenvalue weighted by atomic mass is 16.3. The molecule has 2 rings (SSSR count). The van der Waals surface area contributed by atoms with Gasteiger partial charge >= 0.3 is 0 Å². The lowest BCUT2D eigenvalue weighted by molar-refractivity contribution is -0.128. The second-order valence-corrected chi connectivity index (χ2v) is 5.54. The summed E-state index contributed by atoms with van der Waals surface area (Å²) in [5, 5.41) is 12.5. The summed E-state index contributed by atoms with van der Waals surface area (Å²) in [6.45, 7) is 0.475. The lowest BCUT2D eigenvalue weighted by atomic mass is 9.78. The largest absolute Gasteiger partial charge is 0.394 e. The number of carbonyl (C=O) groups excluding carboxylic acids is 1. The maximum atomic E-state index is 12.4. The molecule has 0 aromatic heterocycles. The second kappa shape index (κ2) is 7.41. The van der Waals surface area contributed by atoms with Gasteiger partial charge in [0, 0.05) is 5.92 Å². The Labute approximate surface area is 120 Å². The third kappa shape index (κ3) is 3.58. The predicted octanol–water partition coefficient (Wildman–Crippen LogP) is 1.60. The highest BCUT2D eigenvalue weighted by Crippen LogP contribution is 2.30. The first-order chi connectivity index (χ1) is 9.76. The fraction of sp³-hybridized carbons (Fsp3) is 0.562. The number of nitrogens with one attached hydrogen (secondary N) is 1. The monoisotopic (exact) mass is 276 g/mol. The maximum absolute atomic E-state index is 12.4. The second-order valence-electron chi connectivity index (χ2n) is 5.54. The Kier molecular flexibility index (Phi) is 5.56. The minimum absolute atomic E-state index is 0.00786. The number of aliphatic hydroxyl groups excluding tert-OH is 1. The number of benzene rings is 1. The molecule has 1 aliphatic rings. The van der Waals surface area contributed by atoms with E-state index in [2.05, 4.69) is 5.32 Å². The molecule has 0 spiro atoms. The number of hydrogen-bond acceptors (Lipinski definition) is 3. The van der Waals surface area contributed by atoms with Gasteiger partial charge in [0.2, 0.25) is 5.91 Å². The van der Waals surface area contributed by atoms with Gasteiger partial charge in [0.25, 0.3) is 0 Å². The van der Waals surface area contributed by atoms with Gasteiger partial charge in [-0.3, -0.25) is 4.79 Å². The minimum Gasteiger partial charge on any atom is -0.394 e. The minimum atomic E-state index is -0.330. The summed E-state index contributed by atoms with van der Waals surface area (Å²) in [4.78, 5) is 12.4. The molecule has 2 unspecified atom stereocenters. The lowest BCUT2D eigenvalue weighted by Crippen LogP contribution is -2.41. The van der Waals surface area contributed by atoms with Crippen LogP contribution in [-0.4, -0.2) is 24.2 Å². The predicted molar refractivity (Wildman–Crippen MR) is 78.9 cm³/mol. The van der Waals surface area contributed by atoms with E-state index in [1.165, 1.54) is 0 Å². The molecule has 1 fully saturated rings. The first kappa shape index (κ1) is 15.0. The molecule has 0 heterocycles. The summed E-state index contributed by atoms with van der Waals surface area (Å²) in [5.41, 5.74) is 6.71. The van der Waals surface area contributed by atoms with Crippen molar-refractivity contribution in [2.75, 3.05) is 13.2 Å². The summed E-state index contributed by atoms with van der Waals surface area (Å²) in [6.07, 6.45) is 4.18. The van der Waals surface area contributed by atoms with Gasteiger partial charge in [-0.15, -0.1) is 0 Å². The molecule has 0 aliphatic heterocycles. The van der Waals surface area contributed by atoms with Crippen molar-refractivity contribution >= 4 is 5.91 Å². The van der Waals surface area contributed by atoms with Gasteiger partial charge in [-0.05, 0) is 30.9 Å². The summed E-state index contributed by atoms with van der Waals surface area (Å²) in [7, 11) is 0. The number of rotatable bonds is 5. The van der Waals surface area contributed by atoms with E-state index in [-0.39, 0.29) is 30.4 Å². The topological polar surface area (TPSA) is 75.4 Å². The number of carbonyl (C=O) groups is 1. The molecular formula is C16H24N2O2. The number of amides is 1. The van der Waals surface area contributed by atoms with Crippen molar-refractivity contribution in [1.82, 2.24) is 5.32 Å². The van der Waals surface area contributed by atoms with Crippen LogP contribution >= 0.6 is 0 Å². The fourth-order valence-electron chi connectivity index (χ4n) is 3.03. The molecule has 0 bridgehead atoms. The zero-order valence-corrected chi connectivity index (χ0v) is 11.8. The van der Waals surface area contributed by atoms with Gasteiger partial charge in [0.05, 0.1) is 12.6 Å². The Morgan fingerprint density at radius 1 is 1.30 bits per heavy atom. The summed E-state index contributed by atoms with van der Waals surface area (Å²) < 4.78 is 0. The van der Waals surface area contributed by atoms with Gasteiger partial charge in [-0.2, -0.15) is 0 Å². The summed E-state index contributed by atoms with van der Waals surface area (Å²) >= 11 is 0. The van der Waals surface area contributed by atoms with Crippen molar-refractivity contribution < 1.29 is 9.90 Å². The van der Waals surface area contributed by atoms with Crippen LogP contribution in [0.2, 0.25) is 0 Å². The van der Waals surface area contributed by atoms with Crippen molar-refractivity contribution in [3.05, 3.63) is 35.9 Å². The number of hydrogen-bond donors (Lipinski definition) is 3. The number of nitrogens with two attached hydrogens (primary N) is 1. The molecule has 20 heavy (non-hydrogen) atoms. The fourth-order valence-corrected chi connectivity index (χ4v) is 3.03. The molecule has 4 N–H and O–H groups in total. The molecule has 3 atom stereocenters. The highest BCUT2D eigenvalue weighted by Gasteiger charge is 2.31. The van der Waals surface area contributed by atoms with Gasteiger partial charge in [0.15, 0.2) is 0 Å². The van der Waals surface area contributed by atoms with E-state index in [1.807, 2.05) is 30.3 Å². The van der Waals surface area contributed by atoms with Crippen LogP contribution in [0.3, 0.4) is 0 Å². The van der Waals surface area contributed by atoms with Crippen LogP contribution in [0.4, 0.5) is 0 Å². The maximum Gasteiger partial charge on any atom is 0.223 e. The van der Waals surface area contributed by atoms with Crippen molar-refractivity contribution in [1.29, 1.82) is 0 Å². The van der Waals surface area contributed by atoms with Gasteiger partial charge < -0.3 is 16.2 Å². The van der Waals surface area contributed by atoms with E-state index < -0.39 is 0 Å². The SMILES string of the molecule is NCC1CCCCC1C(=O)N[C@@H](CO)c1ccccc1. The van der Waals surface area contributed by atoms with E-state index >= 15 is 0 Å². The van der Waals surface area contributed by atoms with Crippen molar-refractivity contribution in [2.45, 2.75) is 31.7 Å². The van der Waals surface area contributed by atoms with E-state index in [4.69, 9.17) is 5.73 Å². The van der Waals surface area contributed by atoms with Crippen LogP contribution in [0.15, 0.2) is 30.3 Å². The molecule has 1 aromatic carbocycles. The van der Waals surface area contributed by atoms with Gasteiger partial charge in [-0.25, -0.2) is 0 Å². The molecular weight excluding hydrogens is 252 g/mol. The molecule has 110 valence electrons. The average Bonchev–Trinajstić information content (AvgIpc) is 2.53. The third-order valence-electron chi connectivity index (χ3n) is 4.25. The molecule has 1 amide bonds. The van der Waals surface area contributed by atoms with Crippen LogP contribution in [0.25, 0.3) is 0 Å². The Hall–Kier alpha value is -1.39. The third-order valence-corrected chi connectivity index (χ3v) is 4.25. The van der Waals surface area contributed by atoms with Gasteiger partial charge in [-0.1, -0.05) is 43.2 Å². The van der Waals surface area contributed by atoms with Crippen LogP contribution in [0.1, 0.15) is 37.3 Å². The summed E-state index contributed by atoms with van der Waals surface area (Å²) in [5.74, 6) is 0.299. The van der Waals surface area contributed by atoms with Crippen molar-refractivity contribution in [2.24, 2.45) is 17.6 Å². The Bertz CT molecular complexity index is 422. The van der Waals surface area contributed by atoms with E-state index in [1.54, 1.807) is 0 Å². The van der Waals surface area contributed by atoms with Crippen LogP contribution in [0.5, 0.6) is 0 Å². The van der Waals surface area contributed by atoms with E-state index in [0.717, 1.165) is 31.2 Å². The van der Waals surface area contributed by atoms with Crippen LogP contribution < -0.4 is 11.1 Å². The molecule has 4 heteroatoms. The Morgan fingerprint density at radius 3 is 2.65 bits per heavy atom. The number of aliphatic hydroxyl groups is 1. The molecule has 1 saturated carbocycles. The molecule has 1 aliphatic carbocycles. The van der Waals surface area contributed by atoms with Crippen LogP contribution in [-0.2, 0) is 4.79 Å². The zero-order valence-electron chi connectivity index (χ0n) is 11.8. The Balaban J connectivity index is 2.01. The average molecular weight is 276 g/mol. The van der Waals surface area contributed by atoms with E-state index in [0.29, 0.717) is 6.54 Å². The molecule has 1 aromatic rings. The highest BCUT2D eigenvalue weighted by molar-refractivity contribution is 5.79. The first-order valence-corrected chi connectivity index (χ1v) is 7.42. The normalized spacial score (nSPS) is 24.1. The smallest absolute Gasteiger partial charge is 0.223 e. The molecule has 0 saturated heterocycles. The molecule has 4 nitrogen and oxygen atoms in total.